The fourth-order valence-electron chi connectivity index (χ4n) is 4.78. The summed E-state index contributed by atoms with van der Waals surface area (Å²) >= 11 is 0. The summed E-state index contributed by atoms with van der Waals surface area (Å²) < 4.78 is 17.7. The van der Waals surface area contributed by atoms with Crippen molar-refractivity contribution in [3.63, 3.8) is 0 Å². The quantitative estimate of drug-likeness (QED) is 0.638. The van der Waals surface area contributed by atoms with E-state index in [-0.39, 0.29) is 30.7 Å². The van der Waals surface area contributed by atoms with E-state index in [1.807, 2.05) is 13.8 Å². The molecular weight excluding hydrogens is 336 g/mol. The maximum absolute atomic E-state index is 10.9. The van der Waals surface area contributed by atoms with Crippen LogP contribution in [0.15, 0.2) is 11.6 Å². The Morgan fingerprint density at radius 3 is 2.58 bits per heavy atom. The number of aliphatic hydroxyl groups excluding tert-OH is 3. The second kappa shape index (κ2) is 8.25. The van der Waals surface area contributed by atoms with Crippen molar-refractivity contribution in [2.75, 3.05) is 6.61 Å². The Labute approximate surface area is 156 Å². The highest BCUT2D eigenvalue weighted by Gasteiger charge is 2.49. The lowest BCUT2D eigenvalue weighted by atomic mass is 9.83. The molecule has 0 bridgehead atoms. The first-order chi connectivity index (χ1) is 12.3. The molecule has 6 heteroatoms. The molecule has 3 rings (SSSR count). The molecule has 3 N–H and O–H groups in total. The molecule has 6 nitrogen and oxygen atoms in total. The smallest absolute Gasteiger partial charge is 0.184 e. The van der Waals surface area contributed by atoms with Gasteiger partial charge in [-0.3, -0.25) is 0 Å². The first-order valence-electron chi connectivity index (χ1n) is 9.93. The summed E-state index contributed by atoms with van der Waals surface area (Å²) in [4.78, 5) is 0. The van der Waals surface area contributed by atoms with E-state index in [1.165, 1.54) is 5.57 Å². The Kier molecular flexibility index (Phi) is 6.42. The molecule has 150 valence electrons. The Bertz CT molecular complexity index is 495. The molecule has 0 radical (unpaired) electrons. The number of hydrogen-bond acceptors (Lipinski definition) is 6. The van der Waals surface area contributed by atoms with Gasteiger partial charge in [-0.15, -0.1) is 0 Å². The highest BCUT2D eigenvalue weighted by Crippen LogP contribution is 2.44. The third-order valence-electron chi connectivity index (χ3n) is 5.88. The van der Waals surface area contributed by atoms with E-state index in [0.717, 1.165) is 12.8 Å². The maximum atomic E-state index is 10.9. The lowest BCUT2D eigenvalue weighted by molar-refractivity contribution is -0.312. The van der Waals surface area contributed by atoms with Crippen molar-refractivity contribution in [2.45, 2.75) is 89.9 Å². The standard InChI is InChI=1S/C20H34O6/c1-10(2)5-13-7-14-15(8-13)18(23)20(25-17(14)9-21)26-19-12(4)24-11(3)6-16(19)22/h7,10-12,14-23H,5-6,8-9H2,1-4H3. The number of aliphatic hydroxyl groups is 3. The Balaban J connectivity index is 1.69. The van der Waals surface area contributed by atoms with Crippen LogP contribution < -0.4 is 0 Å². The van der Waals surface area contributed by atoms with Gasteiger partial charge in [0.2, 0.25) is 0 Å². The number of ether oxygens (including phenoxy) is 3. The zero-order chi connectivity index (χ0) is 19.0. The number of hydrogen-bond donors (Lipinski definition) is 3. The minimum Gasteiger partial charge on any atom is -0.394 e. The van der Waals surface area contributed by atoms with Crippen LogP contribution in [0.2, 0.25) is 0 Å². The molecule has 0 aromatic rings. The van der Waals surface area contributed by atoms with Crippen molar-refractivity contribution in [2.24, 2.45) is 17.8 Å². The molecular formula is C20H34O6. The normalized spacial score (nSPS) is 46.3. The molecule has 0 saturated carbocycles. The zero-order valence-electron chi connectivity index (χ0n) is 16.2. The van der Waals surface area contributed by atoms with Crippen LogP contribution in [0.1, 0.15) is 47.0 Å². The molecule has 0 spiro atoms. The van der Waals surface area contributed by atoms with E-state index in [2.05, 4.69) is 19.9 Å². The summed E-state index contributed by atoms with van der Waals surface area (Å²) in [6, 6.07) is 0. The average molecular weight is 370 g/mol. The highest BCUT2D eigenvalue weighted by atomic mass is 16.7. The van der Waals surface area contributed by atoms with Gasteiger partial charge in [-0.1, -0.05) is 25.5 Å². The summed E-state index contributed by atoms with van der Waals surface area (Å²) in [6.07, 6.45) is 0.904. The lowest BCUT2D eigenvalue weighted by Gasteiger charge is -2.45. The lowest BCUT2D eigenvalue weighted by Crippen LogP contribution is -2.56. The summed E-state index contributed by atoms with van der Waals surface area (Å²) in [7, 11) is 0. The first kappa shape index (κ1) is 20.2. The van der Waals surface area contributed by atoms with E-state index in [1.54, 1.807) is 0 Å². The van der Waals surface area contributed by atoms with Crippen LogP contribution in [0.5, 0.6) is 0 Å². The van der Waals surface area contributed by atoms with Gasteiger partial charge >= 0.3 is 0 Å². The number of fused-ring (bicyclic) bond motifs is 1. The fraction of sp³-hybridized carbons (Fsp3) is 0.900. The summed E-state index contributed by atoms with van der Waals surface area (Å²) in [5, 5.41) is 31.0. The van der Waals surface area contributed by atoms with Crippen molar-refractivity contribution < 1.29 is 29.5 Å². The Morgan fingerprint density at radius 1 is 1.23 bits per heavy atom. The van der Waals surface area contributed by atoms with Gasteiger partial charge in [-0.25, -0.2) is 0 Å². The van der Waals surface area contributed by atoms with Crippen molar-refractivity contribution >= 4 is 0 Å². The van der Waals surface area contributed by atoms with Gasteiger partial charge in [-0.2, -0.15) is 0 Å². The van der Waals surface area contributed by atoms with E-state index in [4.69, 9.17) is 14.2 Å². The molecule has 2 heterocycles. The van der Waals surface area contributed by atoms with Gasteiger partial charge in [0.15, 0.2) is 6.29 Å². The van der Waals surface area contributed by atoms with E-state index < -0.39 is 30.7 Å². The zero-order valence-corrected chi connectivity index (χ0v) is 16.2. The molecule has 0 amide bonds. The Hall–Kier alpha value is -0.500. The third-order valence-corrected chi connectivity index (χ3v) is 5.88. The van der Waals surface area contributed by atoms with Crippen LogP contribution in [-0.2, 0) is 14.2 Å². The predicted molar refractivity (Wildman–Crippen MR) is 96.4 cm³/mol. The Morgan fingerprint density at radius 2 is 1.96 bits per heavy atom. The average Bonchev–Trinajstić information content (AvgIpc) is 2.96. The van der Waals surface area contributed by atoms with Crippen molar-refractivity contribution in [1.29, 1.82) is 0 Å². The molecule has 2 aliphatic heterocycles. The van der Waals surface area contributed by atoms with Crippen molar-refractivity contribution in [3.05, 3.63) is 11.6 Å². The van der Waals surface area contributed by atoms with Gasteiger partial charge in [0.25, 0.3) is 0 Å². The van der Waals surface area contributed by atoms with Crippen LogP contribution in [0.4, 0.5) is 0 Å². The fourth-order valence-corrected chi connectivity index (χ4v) is 4.78. The SMILES string of the molecule is CC(C)CC1=CC2C(CO)OC(OC3C(O)CC(C)OC3C)C(O)C2C1. The molecule has 3 aliphatic rings. The summed E-state index contributed by atoms with van der Waals surface area (Å²) in [6.45, 7) is 8.03. The molecule has 2 saturated heterocycles. The minimum atomic E-state index is -0.862. The second-order valence-electron chi connectivity index (χ2n) is 8.64. The van der Waals surface area contributed by atoms with E-state index in [9.17, 15) is 15.3 Å². The first-order valence-corrected chi connectivity index (χ1v) is 9.93. The maximum Gasteiger partial charge on any atom is 0.184 e. The van der Waals surface area contributed by atoms with Gasteiger partial charge in [-0.05, 0) is 32.6 Å². The topological polar surface area (TPSA) is 88.4 Å². The largest absolute Gasteiger partial charge is 0.394 e. The molecule has 0 aromatic heterocycles. The highest BCUT2D eigenvalue weighted by molar-refractivity contribution is 5.18. The second-order valence-corrected chi connectivity index (χ2v) is 8.64. The molecule has 9 atom stereocenters. The van der Waals surface area contributed by atoms with E-state index in [0.29, 0.717) is 12.3 Å². The third kappa shape index (κ3) is 4.16. The number of allylic oxidation sites excluding steroid dienone is 1. The summed E-state index contributed by atoms with van der Waals surface area (Å²) in [5.74, 6) is 0.542. The summed E-state index contributed by atoms with van der Waals surface area (Å²) in [5.41, 5.74) is 1.32. The van der Waals surface area contributed by atoms with Crippen LogP contribution in [0.3, 0.4) is 0 Å². The van der Waals surface area contributed by atoms with E-state index >= 15 is 0 Å². The monoisotopic (exact) mass is 370 g/mol. The molecule has 0 aromatic carbocycles. The predicted octanol–water partition coefficient (Wildman–Crippen LogP) is 1.62. The van der Waals surface area contributed by atoms with Crippen molar-refractivity contribution in [3.8, 4) is 0 Å². The van der Waals surface area contributed by atoms with Gasteiger partial charge in [0.1, 0.15) is 12.2 Å². The van der Waals surface area contributed by atoms with Crippen LogP contribution >= 0.6 is 0 Å². The minimum absolute atomic E-state index is 0.00794. The van der Waals surface area contributed by atoms with Crippen LogP contribution in [-0.4, -0.2) is 64.8 Å². The van der Waals surface area contributed by atoms with Gasteiger partial charge < -0.3 is 29.5 Å². The molecule has 2 fully saturated rings. The van der Waals surface area contributed by atoms with Crippen molar-refractivity contribution in [1.82, 2.24) is 0 Å². The number of rotatable bonds is 5. The van der Waals surface area contributed by atoms with Crippen LogP contribution in [0.25, 0.3) is 0 Å². The van der Waals surface area contributed by atoms with Gasteiger partial charge in [0.05, 0.1) is 31.0 Å². The molecule has 26 heavy (non-hydrogen) atoms. The molecule has 9 unspecified atom stereocenters. The molecule has 1 aliphatic carbocycles. The van der Waals surface area contributed by atoms with Gasteiger partial charge in [0, 0.05) is 18.3 Å². The van der Waals surface area contributed by atoms with Crippen LogP contribution in [0, 0.1) is 17.8 Å².